The number of carbonyl (C=O) groups is 2. The van der Waals surface area contributed by atoms with Crippen LogP contribution in [0.25, 0.3) is 0 Å². The molecule has 0 radical (unpaired) electrons. The van der Waals surface area contributed by atoms with E-state index in [1.54, 1.807) is 18.2 Å². The Morgan fingerprint density at radius 1 is 1.17 bits per heavy atom. The first-order valence-corrected chi connectivity index (χ1v) is 11.7. The Morgan fingerprint density at radius 2 is 1.87 bits per heavy atom. The average molecular weight is 436 g/mol. The lowest BCUT2D eigenvalue weighted by molar-refractivity contribution is -0.122. The fourth-order valence-electron chi connectivity index (χ4n) is 3.76. The predicted molar refractivity (Wildman–Crippen MR) is 113 cm³/mol. The zero-order valence-corrected chi connectivity index (χ0v) is 17.8. The van der Waals surface area contributed by atoms with Crippen molar-refractivity contribution in [3.8, 4) is 0 Å². The van der Waals surface area contributed by atoms with E-state index in [4.69, 9.17) is 4.74 Å². The number of carbonyl (C=O) groups excluding carboxylic acids is 2. The molecule has 1 aromatic rings. The second kappa shape index (κ2) is 10.2. The molecule has 2 amide bonds. The van der Waals surface area contributed by atoms with E-state index in [2.05, 4.69) is 17.2 Å². The standard InChI is InChI=1S/C21H29N3O5S/c1-2-20(25)22-15-16-6-10-24(11-7-16)30(27,28)19-5-3-4-18(14-19)23-21(26)17-8-12-29-13-9-17/h2-5,14,16-17H,1,6-13,15H2,(H,22,25)(H,23,26). The Hall–Kier alpha value is -2.23. The van der Waals surface area contributed by atoms with E-state index in [1.165, 1.54) is 16.4 Å². The summed E-state index contributed by atoms with van der Waals surface area (Å²) in [4.78, 5) is 23.9. The molecule has 2 fully saturated rings. The molecule has 0 atom stereocenters. The van der Waals surface area contributed by atoms with Gasteiger partial charge in [0.15, 0.2) is 0 Å². The van der Waals surface area contributed by atoms with Gasteiger partial charge in [0.1, 0.15) is 0 Å². The van der Waals surface area contributed by atoms with Gasteiger partial charge in [-0.25, -0.2) is 8.42 Å². The van der Waals surface area contributed by atoms with Crippen molar-refractivity contribution in [1.82, 2.24) is 9.62 Å². The van der Waals surface area contributed by atoms with Crippen LogP contribution in [-0.4, -0.2) is 57.4 Å². The Morgan fingerprint density at radius 3 is 2.53 bits per heavy atom. The van der Waals surface area contributed by atoms with Gasteiger partial charge >= 0.3 is 0 Å². The van der Waals surface area contributed by atoms with E-state index in [9.17, 15) is 18.0 Å². The maximum atomic E-state index is 13.1. The first-order valence-electron chi connectivity index (χ1n) is 10.3. The van der Waals surface area contributed by atoms with E-state index in [1.807, 2.05) is 0 Å². The normalized spacial score (nSPS) is 19.2. The summed E-state index contributed by atoms with van der Waals surface area (Å²) >= 11 is 0. The third-order valence-corrected chi connectivity index (χ3v) is 7.55. The largest absolute Gasteiger partial charge is 0.381 e. The molecule has 0 unspecified atom stereocenters. The highest BCUT2D eigenvalue weighted by molar-refractivity contribution is 7.89. The molecule has 30 heavy (non-hydrogen) atoms. The second-order valence-electron chi connectivity index (χ2n) is 7.70. The highest BCUT2D eigenvalue weighted by Gasteiger charge is 2.30. The summed E-state index contributed by atoms with van der Waals surface area (Å²) in [6, 6.07) is 6.41. The summed E-state index contributed by atoms with van der Waals surface area (Å²) in [7, 11) is -3.65. The van der Waals surface area contributed by atoms with Crippen molar-refractivity contribution in [1.29, 1.82) is 0 Å². The molecular weight excluding hydrogens is 406 g/mol. The molecule has 164 valence electrons. The Kier molecular flexibility index (Phi) is 7.63. The number of hydrogen-bond donors (Lipinski definition) is 2. The molecule has 0 saturated carbocycles. The minimum Gasteiger partial charge on any atom is -0.381 e. The van der Waals surface area contributed by atoms with Gasteiger partial charge in [-0.2, -0.15) is 4.31 Å². The van der Waals surface area contributed by atoms with Crippen LogP contribution in [0.1, 0.15) is 25.7 Å². The van der Waals surface area contributed by atoms with E-state index in [0.29, 0.717) is 64.2 Å². The number of anilines is 1. The maximum Gasteiger partial charge on any atom is 0.243 e. The molecule has 1 aromatic carbocycles. The van der Waals surface area contributed by atoms with Crippen LogP contribution < -0.4 is 10.6 Å². The first-order chi connectivity index (χ1) is 14.4. The summed E-state index contributed by atoms with van der Waals surface area (Å²) < 4.78 is 32.9. The van der Waals surface area contributed by atoms with Crippen LogP contribution in [0.15, 0.2) is 41.8 Å². The van der Waals surface area contributed by atoms with Crippen molar-refractivity contribution < 1.29 is 22.7 Å². The Balaban J connectivity index is 1.59. The number of benzene rings is 1. The van der Waals surface area contributed by atoms with E-state index < -0.39 is 10.0 Å². The zero-order valence-electron chi connectivity index (χ0n) is 17.0. The van der Waals surface area contributed by atoms with Crippen molar-refractivity contribution >= 4 is 27.5 Å². The van der Waals surface area contributed by atoms with Crippen molar-refractivity contribution in [2.75, 3.05) is 38.2 Å². The predicted octanol–water partition coefficient (Wildman–Crippen LogP) is 1.75. The molecule has 9 heteroatoms. The fraction of sp³-hybridized carbons (Fsp3) is 0.524. The highest BCUT2D eigenvalue weighted by atomic mass is 32.2. The Bertz CT molecular complexity index is 872. The lowest BCUT2D eigenvalue weighted by atomic mass is 9.98. The van der Waals surface area contributed by atoms with Gasteiger partial charge in [-0.1, -0.05) is 12.6 Å². The van der Waals surface area contributed by atoms with Crippen LogP contribution in [0, 0.1) is 11.8 Å². The maximum absolute atomic E-state index is 13.1. The zero-order chi connectivity index (χ0) is 21.6. The van der Waals surface area contributed by atoms with Gasteiger partial charge < -0.3 is 15.4 Å². The number of nitrogens with one attached hydrogen (secondary N) is 2. The quantitative estimate of drug-likeness (QED) is 0.635. The number of hydrogen-bond acceptors (Lipinski definition) is 5. The van der Waals surface area contributed by atoms with Crippen LogP contribution in [-0.2, 0) is 24.3 Å². The average Bonchev–Trinajstić information content (AvgIpc) is 2.78. The van der Waals surface area contributed by atoms with Crippen LogP contribution in [0.3, 0.4) is 0 Å². The van der Waals surface area contributed by atoms with Gasteiger partial charge in [0.2, 0.25) is 21.8 Å². The number of amides is 2. The number of rotatable bonds is 7. The molecule has 0 aromatic heterocycles. The molecule has 0 aliphatic carbocycles. The molecule has 0 spiro atoms. The minimum absolute atomic E-state index is 0.102. The summed E-state index contributed by atoms with van der Waals surface area (Å²) in [6.45, 7) is 5.88. The van der Waals surface area contributed by atoms with E-state index in [-0.39, 0.29) is 28.5 Å². The Labute approximate surface area is 177 Å². The van der Waals surface area contributed by atoms with Crippen molar-refractivity contribution in [2.45, 2.75) is 30.6 Å². The van der Waals surface area contributed by atoms with Gasteiger partial charge in [-0.15, -0.1) is 0 Å². The lowest BCUT2D eigenvalue weighted by Crippen LogP contribution is -2.41. The van der Waals surface area contributed by atoms with Gasteiger partial charge in [-0.05, 0) is 55.9 Å². The minimum atomic E-state index is -3.65. The third kappa shape index (κ3) is 5.68. The first kappa shape index (κ1) is 22.5. The monoisotopic (exact) mass is 435 g/mol. The van der Waals surface area contributed by atoms with Gasteiger partial charge in [0.05, 0.1) is 4.90 Å². The molecular formula is C21H29N3O5S. The topological polar surface area (TPSA) is 105 Å². The summed E-state index contributed by atoms with van der Waals surface area (Å²) in [5.74, 6) is -0.190. The summed E-state index contributed by atoms with van der Waals surface area (Å²) in [6.07, 6.45) is 3.93. The number of piperidine rings is 1. The van der Waals surface area contributed by atoms with E-state index in [0.717, 1.165) is 0 Å². The molecule has 2 aliphatic rings. The smallest absolute Gasteiger partial charge is 0.243 e. The second-order valence-corrected chi connectivity index (χ2v) is 9.64. The SMILES string of the molecule is C=CC(=O)NCC1CCN(S(=O)(=O)c2cccc(NC(=O)C3CCOCC3)c2)CC1. The molecule has 0 bridgehead atoms. The van der Waals surface area contributed by atoms with Crippen molar-refractivity contribution in [2.24, 2.45) is 11.8 Å². The summed E-state index contributed by atoms with van der Waals surface area (Å²) in [5.41, 5.74) is 0.481. The molecule has 2 aliphatic heterocycles. The molecule has 3 rings (SSSR count). The van der Waals surface area contributed by atoms with Gasteiger partial charge in [0.25, 0.3) is 0 Å². The molecule has 2 saturated heterocycles. The third-order valence-electron chi connectivity index (χ3n) is 5.66. The number of nitrogens with zero attached hydrogens (tertiary/aromatic N) is 1. The lowest BCUT2D eigenvalue weighted by Gasteiger charge is -2.31. The van der Waals surface area contributed by atoms with Crippen molar-refractivity contribution in [3.05, 3.63) is 36.9 Å². The van der Waals surface area contributed by atoms with Gasteiger partial charge in [0, 0.05) is 44.5 Å². The molecule has 2 N–H and O–H groups in total. The van der Waals surface area contributed by atoms with Crippen LogP contribution in [0.4, 0.5) is 5.69 Å². The fourth-order valence-corrected chi connectivity index (χ4v) is 5.27. The molecule has 2 heterocycles. The van der Waals surface area contributed by atoms with Crippen LogP contribution in [0.2, 0.25) is 0 Å². The van der Waals surface area contributed by atoms with Gasteiger partial charge in [-0.3, -0.25) is 9.59 Å². The van der Waals surface area contributed by atoms with Crippen LogP contribution in [0.5, 0.6) is 0 Å². The highest BCUT2D eigenvalue weighted by Crippen LogP contribution is 2.26. The number of ether oxygens (including phenoxy) is 1. The van der Waals surface area contributed by atoms with Crippen molar-refractivity contribution in [3.63, 3.8) is 0 Å². The van der Waals surface area contributed by atoms with Crippen LogP contribution >= 0.6 is 0 Å². The summed E-state index contributed by atoms with van der Waals surface area (Å²) in [5, 5.41) is 5.61. The number of sulfonamides is 1. The van der Waals surface area contributed by atoms with E-state index >= 15 is 0 Å². The molecule has 8 nitrogen and oxygen atoms in total.